The second-order valence-corrected chi connectivity index (χ2v) is 9.69. The van der Waals surface area contributed by atoms with E-state index in [4.69, 9.17) is 11.6 Å². The number of thioether (sulfide) groups is 1. The lowest BCUT2D eigenvalue weighted by atomic mass is 10.1. The molecule has 0 aliphatic carbocycles. The zero-order chi connectivity index (χ0) is 23.2. The Hall–Kier alpha value is -2.76. The Morgan fingerprint density at radius 3 is 2.33 bits per heavy atom. The van der Waals surface area contributed by atoms with Crippen LogP contribution < -0.4 is 5.32 Å². The molecule has 170 valence electrons. The van der Waals surface area contributed by atoms with E-state index in [0.29, 0.717) is 22.9 Å². The Bertz CT molecular complexity index is 1100. The summed E-state index contributed by atoms with van der Waals surface area (Å²) in [5.41, 5.74) is 4.71. The lowest BCUT2D eigenvalue weighted by molar-refractivity contribution is -0.128. The molecule has 0 saturated carbocycles. The Balaban J connectivity index is 1.40. The first-order valence-electron chi connectivity index (χ1n) is 11.2. The van der Waals surface area contributed by atoms with Crippen LogP contribution in [0.4, 0.5) is 5.69 Å². The summed E-state index contributed by atoms with van der Waals surface area (Å²) in [5, 5.41) is 3.57. The van der Waals surface area contributed by atoms with Crippen LogP contribution in [0.3, 0.4) is 0 Å². The fraction of sp³-hybridized carbons (Fsp3) is 0.259. The minimum absolute atomic E-state index is 0.0686. The van der Waals surface area contributed by atoms with E-state index >= 15 is 0 Å². The molecular weight excluding hydrogens is 452 g/mol. The van der Waals surface area contributed by atoms with Crippen LogP contribution in [0.2, 0.25) is 5.02 Å². The van der Waals surface area contributed by atoms with Crippen molar-refractivity contribution in [1.82, 2.24) is 4.90 Å². The average molecular weight is 479 g/mol. The first-order chi connectivity index (χ1) is 16.0. The largest absolute Gasteiger partial charge is 0.322 e. The van der Waals surface area contributed by atoms with Crippen LogP contribution in [0.1, 0.15) is 52.2 Å². The maximum absolute atomic E-state index is 12.7. The summed E-state index contributed by atoms with van der Waals surface area (Å²) in [6, 6.07) is 23.1. The first-order valence-corrected chi connectivity index (χ1v) is 12.6. The van der Waals surface area contributed by atoms with Gasteiger partial charge in [0.2, 0.25) is 5.91 Å². The molecule has 0 aromatic heterocycles. The van der Waals surface area contributed by atoms with Crippen LogP contribution in [0.5, 0.6) is 0 Å². The van der Waals surface area contributed by atoms with Gasteiger partial charge in [-0.2, -0.15) is 0 Å². The third-order valence-corrected chi connectivity index (χ3v) is 7.23. The van der Waals surface area contributed by atoms with Crippen molar-refractivity contribution >= 4 is 40.9 Å². The quantitative estimate of drug-likeness (QED) is 0.391. The van der Waals surface area contributed by atoms with Gasteiger partial charge in [0.1, 0.15) is 5.37 Å². The Morgan fingerprint density at radius 2 is 1.67 bits per heavy atom. The fourth-order valence-corrected chi connectivity index (χ4v) is 5.14. The van der Waals surface area contributed by atoms with Crippen molar-refractivity contribution in [3.63, 3.8) is 0 Å². The van der Waals surface area contributed by atoms with Crippen LogP contribution in [-0.2, 0) is 17.8 Å². The van der Waals surface area contributed by atoms with Gasteiger partial charge in [-0.15, -0.1) is 11.8 Å². The van der Waals surface area contributed by atoms with E-state index in [9.17, 15) is 9.59 Å². The molecular formula is C27H27ClN2O2S. The van der Waals surface area contributed by atoms with Crippen LogP contribution in [0.25, 0.3) is 0 Å². The van der Waals surface area contributed by atoms with Crippen molar-refractivity contribution in [2.75, 3.05) is 11.1 Å². The normalized spacial score (nSPS) is 15.6. The number of aryl methyl sites for hydroxylation is 1. The van der Waals surface area contributed by atoms with Crippen LogP contribution in [-0.4, -0.2) is 22.5 Å². The molecule has 4 nitrogen and oxygen atoms in total. The highest BCUT2D eigenvalue weighted by atomic mass is 35.5. The summed E-state index contributed by atoms with van der Waals surface area (Å²) in [4.78, 5) is 27.1. The van der Waals surface area contributed by atoms with Gasteiger partial charge in [0, 0.05) is 22.8 Å². The maximum Gasteiger partial charge on any atom is 0.255 e. The second-order valence-electron chi connectivity index (χ2n) is 8.19. The molecule has 0 bridgehead atoms. The summed E-state index contributed by atoms with van der Waals surface area (Å²) in [6.45, 7) is 2.71. The van der Waals surface area contributed by atoms with Gasteiger partial charge in [0.15, 0.2) is 0 Å². The second kappa shape index (κ2) is 10.9. The van der Waals surface area contributed by atoms with Crippen molar-refractivity contribution in [2.24, 2.45) is 0 Å². The van der Waals surface area contributed by atoms with Gasteiger partial charge in [-0.1, -0.05) is 61.3 Å². The number of nitrogens with zero attached hydrogens (tertiary/aromatic N) is 1. The molecule has 0 unspecified atom stereocenters. The number of hydrogen-bond donors (Lipinski definition) is 1. The van der Waals surface area contributed by atoms with Gasteiger partial charge < -0.3 is 10.2 Å². The number of nitrogens with one attached hydrogen (secondary N) is 1. The highest BCUT2D eigenvalue weighted by Gasteiger charge is 2.32. The molecule has 3 aromatic carbocycles. The summed E-state index contributed by atoms with van der Waals surface area (Å²) in [6.07, 6.45) is 3.39. The number of hydrogen-bond acceptors (Lipinski definition) is 3. The number of unbranched alkanes of at least 4 members (excludes halogenated alkanes) is 1. The van der Waals surface area contributed by atoms with Gasteiger partial charge in [0.25, 0.3) is 5.91 Å². The smallest absolute Gasteiger partial charge is 0.255 e. The van der Waals surface area contributed by atoms with Gasteiger partial charge in [0.05, 0.1) is 5.75 Å². The van der Waals surface area contributed by atoms with Gasteiger partial charge in [-0.25, -0.2) is 0 Å². The monoisotopic (exact) mass is 478 g/mol. The number of anilines is 1. The van der Waals surface area contributed by atoms with Crippen molar-refractivity contribution in [1.29, 1.82) is 0 Å². The molecule has 1 saturated heterocycles. The molecule has 2 amide bonds. The molecule has 3 aromatic rings. The molecule has 4 rings (SSSR count). The number of carbonyl (C=O) groups excluding carboxylic acids is 2. The van der Waals surface area contributed by atoms with E-state index in [1.54, 1.807) is 11.8 Å². The van der Waals surface area contributed by atoms with E-state index in [1.807, 2.05) is 65.6 Å². The van der Waals surface area contributed by atoms with E-state index in [-0.39, 0.29) is 17.2 Å². The zero-order valence-corrected chi connectivity index (χ0v) is 20.2. The SMILES string of the molecule is CCCCc1ccc(NC(=O)c2ccc([C@@H]3SCC(=O)N3Cc3ccc(Cl)cc3)cc2)cc1. The molecule has 33 heavy (non-hydrogen) atoms. The average Bonchev–Trinajstić information content (AvgIpc) is 3.20. The lowest BCUT2D eigenvalue weighted by Crippen LogP contribution is -2.27. The van der Waals surface area contributed by atoms with Crippen molar-refractivity contribution in [3.05, 3.63) is 100 Å². The molecule has 6 heteroatoms. The number of amides is 2. The minimum Gasteiger partial charge on any atom is -0.322 e. The lowest BCUT2D eigenvalue weighted by Gasteiger charge is -2.24. The number of halogens is 1. The highest BCUT2D eigenvalue weighted by Crippen LogP contribution is 2.39. The fourth-order valence-electron chi connectivity index (χ4n) is 3.83. The maximum atomic E-state index is 12.7. The Kier molecular flexibility index (Phi) is 7.73. The third-order valence-electron chi connectivity index (χ3n) is 5.72. The minimum atomic E-state index is -0.143. The summed E-state index contributed by atoms with van der Waals surface area (Å²) in [7, 11) is 0. The molecule has 0 spiro atoms. The standard InChI is InChI=1S/C27H27ClN2O2S/c1-2-3-4-19-7-15-24(16-8-19)29-26(32)21-9-11-22(12-10-21)27-30(25(31)18-33-27)17-20-5-13-23(28)14-6-20/h5-16,27H,2-4,17-18H2,1H3,(H,29,32)/t27-/m0/s1. The number of benzene rings is 3. The third kappa shape index (κ3) is 5.98. The topological polar surface area (TPSA) is 49.4 Å². The molecule has 0 radical (unpaired) electrons. The molecule has 1 fully saturated rings. The van der Waals surface area contributed by atoms with Gasteiger partial charge in [-0.05, 0) is 65.9 Å². The van der Waals surface area contributed by atoms with Crippen molar-refractivity contribution < 1.29 is 9.59 Å². The van der Waals surface area contributed by atoms with E-state index in [1.165, 1.54) is 18.4 Å². The number of rotatable bonds is 8. The summed E-state index contributed by atoms with van der Waals surface area (Å²) in [5.74, 6) is 0.426. The van der Waals surface area contributed by atoms with Crippen LogP contribution in [0, 0.1) is 0 Å². The van der Waals surface area contributed by atoms with Crippen LogP contribution in [0.15, 0.2) is 72.8 Å². The Labute approximate surface area is 204 Å². The van der Waals surface area contributed by atoms with Crippen molar-refractivity contribution in [3.8, 4) is 0 Å². The van der Waals surface area contributed by atoms with E-state index in [0.717, 1.165) is 23.2 Å². The Morgan fingerprint density at radius 1 is 1.00 bits per heavy atom. The predicted octanol–water partition coefficient (Wildman–Crippen LogP) is 6.71. The van der Waals surface area contributed by atoms with Gasteiger partial charge >= 0.3 is 0 Å². The molecule has 1 aliphatic rings. The molecule has 1 heterocycles. The molecule has 1 atom stereocenters. The van der Waals surface area contributed by atoms with Crippen molar-refractivity contribution in [2.45, 2.75) is 38.1 Å². The summed E-state index contributed by atoms with van der Waals surface area (Å²) < 4.78 is 0. The molecule has 1 N–H and O–H groups in total. The van der Waals surface area contributed by atoms with E-state index < -0.39 is 0 Å². The molecule has 1 aliphatic heterocycles. The first kappa shape index (κ1) is 23.4. The number of carbonyl (C=O) groups is 2. The highest BCUT2D eigenvalue weighted by molar-refractivity contribution is 8.00. The zero-order valence-electron chi connectivity index (χ0n) is 18.6. The van der Waals surface area contributed by atoms with E-state index in [2.05, 4.69) is 24.4 Å². The summed E-state index contributed by atoms with van der Waals surface area (Å²) >= 11 is 7.59. The van der Waals surface area contributed by atoms with Crippen LogP contribution >= 0.6 is 23.4 Å². The van der Waals surface area contributed by atoms with Gasteiger partial charge in [-0.3, -0.25) is 9.59 Å². The predicted molar refractivity (Wildman–Crippen MR) is 137 cm³/mol.